The molecule has 0 saturated carbocycles. The zero-order valence-corrected chi connectivity index (χ0v) is 11.2. The largest absolute Gasteiger partial charge is 0.481 e. The Balaban J connectivity index is 1.79. The molecule has 1 fully saturated rings. The molecular formula is C12H16N2O4S. The molecule has 7 heteroatoms. The van der Waals surface area contributed by atoms with Crippen LogP contribution in [0.25, 0.3) is 0 Å². The Labute approximate surface area is 114 Å². The van der Waals surface area contributed by atoms with E-state index in [0.29, 0.717) is 24.6 Å². The minimum atomic E-state index is -0.804. The second-order valence-corrected chi connectivity index (χ2v) is 5.24. The van der Waals surface area contributed by atoms with E-state index < -0.39 is 5.97 Å². The van der Waals surface area contributed by atoms with Crippen molar-refractivity contribution >= 4 is 28.3 Å². The zero-order valence-electron chi connectivity index (χ0n) is 10.4. The molecule has 1 atom stereocenters. The van der Waals surface area contributed by atoms with Gasteiger partial charge in [-0.3, -0.25) is 14.9 Å². The fourth-order valence-corrected chi connectivity index (χ4v) is 2.62. The maximum Gasteiger partial charge on any atom is 0.303 e. The summed E-state index contributed by atoms with van der Waals surface area (Å²) in [6.45, 7) is 0.635. The molecule has 6 nitrogen and oxygen atoms in total. The summed E-state index contributed by atoms with van der Waals surface area (Å²) in [4.78, 5) is 26.4. The van der Waals surface area contributed by atoms with Gasteiger partial charge in [0.2, 0.25) is 0 Å². The molecule has 2 heterocycles. The first kappa shape index (κ1) is 14.0. The van der Waals surface area contributed by atoms with Gasteiger partial charge in [-0.25, -0.2) is 4.98 Å². The first-order valence-corrected chi connectivity index (χ1v) is 7.12. The van der Waals surface area contributed by atoms with Crippen LogP contribution in [-0.2, 0) is 20.7 Å². The van der Waals surface area contributed by atoms with Gasteiger partial charge in [0.1, 0.15) is 6.10 Å². The fraction of sp³-hybridized carbons (Fsp3) is 0.583. The molecule has 0 bridgehead atoms. The molecule has 1 aromatic heterocycles. The van der Waals surface area contributed by atoms with E-state index >= 15 is 0 Å². The van der Waals surface area contributed by atoms with Gasteiger partial charge in [0.05, 0.1) is 5.69 Å². The van der Waals surface area contributed by atoms with E-state index in [2.05, 4.69) is 10.3 Å². The van der Waals surface area contributed by atoms with Crippen LogP contribution in [0.2, 0.25) is 0 Å². The van der Waals surface area contributed by atoms with Crippen LogP contribution in [0.3, 0.4) is 0 Å². The van der Waals surface area contributed by atoms with Crippen molar-refractivity contribution in [1.29, 1.82) is 0 Å². The van der Waals surface area contributed by atoms with Crippen LogP contribution in [0.4, 0.5) is 5.13 Å². The lowest BCUT2D eigenvalue weighted by molar-refractivity contribution is -0.137. The highest BCUT2D eigenvalue weighted by molar-refractivity contribution is 7.13. The summed E-state index contributed by atoms with van der Waals surface area (Å²) in [5.74, 6) is -0.953. The van der Waals surface area contributed by atoms with Gasteiger partial charge in [-0.15, -0.1) is 11.3 Å². The van der Waals surface area contributed by atoms with E-state index in [9.17, 15) is 9.59 Å². The van der Waals surface area contributed by atoms with Crippen molar-refractivity contribution in [3.8, 4) is 0 Å². The monoisotopic (exact) mass is 284 g/mol. The topological polar surface area (TPSA) is 88.5 Å². The van der Waals surface area contributed by atoms with E-state index in [1.807, 2.05) is 5.38 Å². The lowest BCUT2D eigenvalue weighted by Crippen LogP contribution is -2.26. The van der Waals surface area contributed by atoms with Gasteiger partial charge < -0.3 is 9.84 Å². The number of carbonyl (C=O) groups excluding carboxylic acids is 1. The number of aryl methyl sites for hydroxylation is 1. The Morgan fingerprint density at radius 3 is 3.11 bits per heavy atom. The first-order valence-electron chi connectivity index (χ1n) is 6.24. The van der Waals surface area contributed by atoms with Crippen molar-refractivity contribution in [2.45, 2.75) is 38.2 Å². The van der Waals surface area contributed by atoms with Crippen LogP contribution in [0.1, 0.15) is 31.4 Å². The van der Waals surface area contributed by atoms with Gasteiger partial charge >= 0.3 is 5.97 Å². The third kappa shape index (κ3) is 4.29. The molecule has 1 saturated heterocycles. The standard InChI is InChI=1S/C12H16N2O4S/c15-10(16)5-1-3-8-7-19-12(13-8)14-11(17)9-4-2-6-18-9/h7,9H,1-6H2,(H,15,16)(H,13,14,17)/t9-/m0/s1. The molecule has 0 unspecified atom stereocenters. The third-order valence-corrected chi connectivity index (χ3v) is 3.63. The molecule has 0 radical (unpaired) electrons. The number of amides is 1. The van der Waals surface area contributed by atoms with Crippen molar-refractivity contribution in [2.75, 3.05) is 11.9 Å². The van der Waals surface area contributed by atoms with E-state index in [-0.39, 0.29) is 18.4 Å². The number of hydrogen-bond donors (Lipinski definition) is 2. The van der Waals surface area contributed by atoms with Gasteiger partial charge in [-0.2, -0.15) is 0 Å². The number of anilines is 1. The Morgan fingerprint density at radius 1 is 1.58 bits per heavy atom. The van der Waals surface area contributed by atoms with Crippen molar-refractivity contribution in [3.05, 3.63) is 11.1 Å². The molecule has 2 N–H and O–H groups in total. The SMILES string of the molecule is O=C(O)CCCc1csc(NC(=O)[C@@H]2CCCO2)n1. The molecule has 2 rings (SSSR count). The predicted molar refractivity (Wildman–Crippen MR) is 70.3 cm³/mol. The summed E-state index contributed by atoms with van der Waals surface area (Å²) in [5.41, 5.74) is 0.814. The highest BCUT2D eigenvalue weighted by atomic mass is 32.1. The average molecular weight is 284 g/mol. The van der Waals surface area contributed by atoms with Crippen molar-refractivity contribution in [1.82, 2.24) is 4.98 Å². The molecule has 1 aromatic rings. The van der Waals surface area contributed by atoms with Gasteiger partial charge in [-0.1, -0.05) is 0 Å². The first-order chi connectivity index (χ1) is 9.15. The second kappa shape index (κ2) is 6.63. The molecule has 0 aromatic carbocycles. The lowest BCUT2D eigenvalue weighted by atomic mass is 10.2. The number of aliphatic carboxylic acids is 1. The van der Waals surface area contributed by atoms with Crippen molar-refractivity contribution in [2.24, 2.45) is 0 Å². The minimum Gasteiger partial charge on any atom is -0.481 e. The van der Waals surface area contributed by atoms with Gasteiger partial charge in [0.25, 0.3) is 5.91 Å². The number of carboxylic acids is 1. The van der Waals surface area contributed by atoms with E-state index in [1.165, 1.54) is 11.3 Å². The summed E-state index contributed by atoms with van der Waals surface area (Å²) in [6, 6.07) is 0. The van der Waals surface area contributed by atoms with Crippen molar-refractivity contribution < 1.29 is 19.4 Å². The summed E-state index contributed by atoms with van der Waals surface area (Å²) in [5, 5.41) is 13.7. The van der Waals surface area contributed by atoms with Crippen LogP contribution in [-0.4, -0.2) is 34.7 Å². The van der Waals surface area contributed by atoms with Crippen LogP contribution in [0, 0.1) is 0 Å². The third-order valence-electron chi connectivity index (χ3n) is 2.83. The van der Waals surface area contributed by atoms with Crippen LogP contribution in [0.15, 0.2) is 5.38 Å². The Kier molecular flexibility index (Phi) is 4.86. The van der Waals surface area contributed by atoms with Crippen LogP contribution >= 0.6 is 11.3 Å². The fourth-order valence-electron chi connectivity index (χ4n) is 1.87. The molecule has 1 amide bonds. The molecule has 0 aliphatic carbocycles. The average Bonchev–Trinajstić information content (AvgIpc) is 2.99. The van der Waals surface area contributed by atoms with E-state index in [4.69, 9.17) is 9.84 Å². The summed E-state index contributed by atoms with van der Waals surface area (Å²) in [6.07, 6.45) is 2.60. The number of carboxylic acid groups (broad SMARTS) is 1. The Hall–Kier alpha value is -1.47. The van der Waals surface area contributed by atoms with Gasteiger partial charge in [0.15, 0.2) is 5.13 Å². The Morgan fingerprint density at radius 2 is 2.42 bits per heavy atom. The number of carbonyl (C=O) groups is 2. The van der Waals surface area contributed by atoms with Gasteiger partial charge in [-0.05, 0) is 25.7 Å². The number of hydrogen-bond acceptors (Lipinski definition) is 5. The lowest BCUT2D eigenvalue weighted by Gasteiger charge is -2.07. The van der Waals surface area contributed by atoms with E-state index in [1.54, 1.807) is 0 Å². The number of nitrogens with zero attached hydrogens (tertiary/aromatic N) is 1. The van der Waals surface area contributed by atoms with Crippen LogP contribution in [0.5, 0.6) is 0 Å². The molecule has 1 aliphatic heterocycles. The molecule has 1 aliphatic rings. The van der Waals surface area contributed by atoms with Gasteiger partial charge in [0, 0.05) is 18.4 Å². The normalized spacial score (nSPS) is 18.4. The highest BCUT2D eigenvalue weighted by Crippen LogP contribution is 2.19. The molecule has 104 valence electrons. The Bertz CT molecular complexity index is 454. The number of aromatic nitrogens is 1. The molecule has 19 heavy (non-hydrogen) atoms. The van der Waals surface area contributed by atoms with Crippen LogP contribution < -0.4 is 5.32 Å². The summed E-state index contributed by atoms with van der Waals surface area (Å²) < 4.78 is 5.28. The summed E-state index contributed by atoms with van der Waals surface area (Å²) >= 11 is 1.35. The molecule has 0 spiro atoms. The number of nitrogens with one attached hydrogen (secondary N) is 1. The number of thiazole rings is 1. The molecular weight excluding hydrogens is 268 g/mol. The summed E-state index contributed by atoms with van der Waals surface area (Å²) in [7, 11) is 0. The number of ether oxygens (including phenoxy) is 1. The quantitative estimate of drug-likeness (QED) is 0.829. The van der Waals surface area contributed by atoms with E-state index in [0.717, 1.165) is 18.5 Å². The second-order valence-electron chi connectivity index (χ2n) is 4.38. The maximum atomic E-state index is 11.8. The maximum absolute atomic E-state index is 11.8. The highest BCUT2D eigenvalue weighted by Gasteiger charge is 2.24. The minimum absolute atomic E-state index is 0.134. The predicted octanol–water partition coefficient (Wildman–Crippen LogP) is 1.67. The number of rotatable bonds is 6. The zero-order chi connectivity index (χ0) is 13.7. The van der Waals surface area contributed by atoms with Crippen molar-refractivity contribution in [3.63, 3.8) is 0 Å². The smallest absolute Gasteiger partial charge is 0.303 e.